The number of urea groups is 1. The number of benzene rings is 1. The topological polar surface area (TPSA) is 44.8 Å². The molecule has 0 spiro atoms. The van der Waals surface area contributed by atoms with E-state index in [0.717, 1.165) is 31.7 Å². The number of carbonyl (C=O) groups is 1. The van der Waals surface area contributed by atoms with Gasteiger partial charge < -0.3 is 15.0 Å². The van der Waals surface area contributed by atoms with Gasteiger partial charge in [0, 0.05) is 39.0 Å². The normalized spacial score (nSPS) is 14.5. The average molecular weight is 305 g/mol. The van der Waals surface area contributed by atoms with Crippen molar-refractivity contribution in [3.8, 4) is 0 Å². The maximum absolute atomic E-state index is 12.3. The van der Waals surface area contributed by atoms with E-state index in [2.05, 4.69) is 23.2 Å². The molecule has 1 aliphatic rings. The summed E-state index contributed by atoms with van der Waals surface area (Å²) in [5, 5.41) is 3.04. The highest BCUT2D eigenvalue weighted by atomic mass is 16.5. The quantitative estimate of drug-likeness (QED) is 0.822. The third kappa shape index (κ3) is 4.21. The molecule has 5 nitrogen and oxygen atoms in total. The summed E-state index contributed by atoms with van der Waals surface area (Å²) in [6.45, 7) is 9.06. The van der Waals surface area contributed by atoms with Gasteiger partial charge in [0.1, 0.15) is 0 Å². The van der Waals surface area contributed by atoms with Crippen LogP contribution in [0.25, 0.3) is 0 Å². The van der Waals surface area contributed by atoms with Crippen LogP contribution in [-0.2, 0) is 17.7 Å². The zero-order chi connectivity index (χ0) is 15.9. The van der Waals surface area contributed by atoms with Crippen LogP contribution in [0.4, 0.5) is 10.5 Å². The summed E-state index contributed by atoms with van der Waals surface area (Å²) in [5.41, 5.74) is 3.54. The zero-order valence-corrected chi connectivity index (χ0v) is 13.9. The molecule has 1 aromatic rings. The number of amides is 2. The molecule has 5 heteroatoms. The Kier molecular flexibility index (Phi) is 6.21. The largest absolute Gasteiger partial charge is 0.380 e. The van der Waals surface area contributed by atoms with Crippen molar-refractivity contribution < 1.29 is 9.53 Å². The maximum atomic E-state index is 12.3. The molecule has 0 bridgehead atoms. The SMILES string of the molecule is CCOCCN(C)C(=O)Nc1cccc2c1CCN(CC)C2. The smallest absolute Gasteiger partial charge is 0.321 e. The van der Waals surface area contributed by atoms with Gasteiger partial charge in [-0.3, -0.25) is 4.90 Å². The Hall–Kier alpha value is -1.59. The molecule has 1 aromatic carbocycles. The number of nitrogens with one attached hydrogen (secondary N) is 1. The van der Waals surface area contributed by atoms with E-state index in [9.17, 15) is 4.79 Å². The minimum absolute atomic E-state index is 0.0778. The Morgan fingerprint density at radius 1 is 1.41 bits per heavy atom. The summed E-state index contributed by atoms with van der Waals surface area (Å²) in [7, 11) is 1.79. The Bertz CT molecular complexity index is 505. The number of hydrogen-bond acceptors (Lipinski definition) is 3. The maximum Gasteiger partial charge on any atom is 0.321 e. The molecule has 1 heterocycles. The van der Waals surface area contributed by atoms with Crippen molar-refractivity contribution in [2.45, 2.75) is 26.8 Å². The van der Waals surface area contributed by atoms with E-state index in [4.69, 9.17) is 4.74 Å². The van der Waals surface area contributed by atoms with Crippen LogP contribution in [0.3, 0.4) is 0 Å². The highest BCUT2D eigenvalue weighted by molar-refractivity contribution is 5.90. The third-order valence-electron chi connectivity index (χ3n) is 4.16. The molecule has 122 valence electrons. The molecule has 0 fully saturated rings. The van der Waals surface area contributed by atoms with Gasteiger partial charge in [-0.05, 0) is 37.1 Å². The number of ether oxygens (including phenoxy) is 1. The molecule has 1 aliphatic heterocycles. The minimum atomic E-state index is -0.0778. The Morgan fingerprint density at radius 2 is 2.23 bits per heavy atom. The lowest BCUT2D eigenvalue weighted by Crippen LogP contribution is -2.35. The minimum Gasteiger partial charge on any atom is -0.380 e. The van der Waals surface area contributed by atoms with Crippen LogP contribution < -0.4 is 5.32 Å². The number of anilines is 1. The summed E-state index contributed by atoms with van der Waals surface area (Å²) in [4.78, 5) is 16.3. The van der Waals surface area contributed by atoms with Crippen molar-refractivity contribution >= 4 is 11.7 Å². The number of likely N-dealkylation sites (N-methyl/N-ethyl adjacent to an activating group) is 2. The van der Waals surface area contributed by atoms with E-state index in [1.54, 1.807) is 11.9 Å². The molecule has 0 radical (unpaired) electrons. The van der Waals surface area contributed by atoms with Gasteiger partial charge in [-0.1, -0.05) is 19.1 Å². The van der Waals surface area contributed by atoms with Gasteiger partial charge in [0.2, 0.25) is 0 Å². The van der Waals surface area contributed by atoms with Gasteiger partial charge in [-0.2, -0.15) is 0 Å². The van der Waals surface area contributed by atoms with E-state index in [-0.39, 0.29) is 6.03 Å². The van der Waals surface area contributed by atoms with E-state index in [0.29, 0.717) is 19.8 Å². The van der Waals surface area contributed by atoms with Crippen molar-refractivity contribution in [3.63, 3.8) is 0 Å². The van der Waals surface area contributed by atoms with E-state index >= 15 is 0 Å². The van der Waals surface area contributed by atoms with Gasteiger partial charge in [0.25, 0.3) is 0 Å². The van der Waals surface area contributed by atoms with Crippen LogP contribution in [0, 0.1) is 0 Å². The summed E-state index contributed by atoms with van der Waals surface area (Å²) in [6, 6.07) is 6.10. The van der Waals surface area contributed by atoms with Crippen LogP contribution in [0.1, 0.15) is 25.0 Å². The van der Waals surface area contributed by atoms with Crippen molar-refractivity contribution in [2.24, 2.45) is 0 Å². The highest BCUT2D eigenvalue weighted by Gasteiger charge is 2.19. The molecule has 22 heavy (non-hydrogen) atoms. The summed E-state index contributed by atoms with van der Waals surface area (Å²) in [6.07, 6.45) is 0.988. The predicted octanol–water partition coefficient (Wildman–Crippen LogP) is 2.56. The Balaban J connectivity index is 2.00. The highest BCUT2D eigenvalue weighted by Crippen LogP contribution is 2.26. The van der Waals surface area contributed by atoms with E-state index in [1.807, 2.05) is 19.1 Å². The molecule has 0 aliphatic carbocycles. The van der Waals surface area contributed by atoms with Crippen molar-refractivity contribution in [1.82, 2.24) is 9.80 Å². The van der Waals surface area contributed by atoms with Crippen molar-refractivity contribution in [1.29, 1.82) is 0 Å². The second-order valence-corrected chi connectivity index (χ2v) is 5.61. The van der Waals surface area contributed by atoms with Gasteiger partial charge >= 0.3 is 6.03 Å². The van der Waals surface area contributed by atoms with Crippen LogP contribution in [0.15, 0.2) is 18.2 Å². The average Bonchev–Trinajstić information content (AvgIpc) is 2.54. The first-order valence-electron chi connectivity index (χ1n) is 8.08. The molecule has 1 N–H and O–H groups in total. The molecule has 0 saturated carbocycles. The summed E-state index contributed by atoms with van der Waals surface area (Å²) < 4.78 is 5.29. The van der Waals surface area contributed by atoms with Gasteiger partial charge in [-0.25, -0.2) is 4.79 Å². The lowest BCUT2D eigenvalue weighted by atomic mass is 9.98. The number of nitrogens with zero attached hydrogens (tertiary/aromatic N) is 2. The number of fused-ring (bicyclic) bond motifs is 1. The van der Waals surface area contributed by atoms with Gasteiger partial charge in [0.15, 0.2) is 0 Å². The standard InChI is InChI=1S/C17H27N3O2/c1-4-20-10-9-15-14(13-20)7-6-8-16(15)18-17(21)19(3)11-12-22-5-2/h6-8H,4-5,9-13H2,1-3H3,(H,18,21). The number of rotatable bonds is 6. The lowest BCUT2D eigenvalue weighted by molar-refractivity contribution is 0.128. The second-order valence-electron chi connectivity index (χ2n) is 5.61. The molecule has 0 aromatic heterocycles. The first-order chi connectivity index (χ1) is 10.7. The third-order valence-corrected chi connectivity index (χ3v) is 4.16. The Morgan fingerprint density at radius 3 is 2.95 bits per heavy atom. The number of carbonyl (C=O) groups excluding carboxylic acids is 1. The predicted molar refractivity (Wildman–Crippen MR) is 89.2 cm³/mol. The summed E-state index contributed by atoms with van der Waals surface area (Å²) in [5.74, 6) is 0. The lowest BCUT2D eigenvalue weighted by Gasteiger charge is -2.29. The zero-order valence-electron chi connectivity index (χ0n) is 13.9. The molecule has 2 amide bonds. The van der Waals surface area contributed by atoms with E-state index in [1.165, 1.54) is 11.1 Å². The van der Waals surface area contributed by atoms with Crippen LogP contribution in [-0.4, -0.2) is 55.7 Å². The van der Waals surface area contributed by atoms with Gasteiger partial charge in [-0.15, -0.1) is 0 Å². The molecular weight excluding hydrogens is 278 g/mol. The fourth-order valence-corrected chi connectivity index (χ4v) is 2.71. The molecule has 0 unspecified atom stereocenters. The fraction of sp³-hybridized carbons (Fsp3) is 0.588. The Labute approximate surface area is 133 Å². The first-order valence-corrected chi connectivity index (χ1v) is 8.08. The molecule has 0 atom stereocenters. The van der Waals surface area contributed by atoms with Gasteiger partial charge in [0.05, 0.1) is 6.61 Å². The van der Waals surface area contributed by atoms with Crippen molar-refractivity contribution in [2.75, 3.05) is 45.2 Å². The van der Waals surface area contributed by atoms with Crippen molar-refractivity contribution in [3.05, 3.63) is 29.3 Å². The summed E-state index contributed by atoms with van der Waals surface area (Å²) >= 11 is 0. The molecule has 0 saturated heterocycles. The van der Waals surface area contributed by atoms with Crippen LogP contribution in [0.2, 0.25) is 0 Å². The first kappa shape index (κ1) is 16.8. The monoisotopic (exact) mass is 305 g/mol. The molecular formula is C17H27N3O2. The number of hydrogen-bond donors (Lipinski definition) is 1. The van der Waals surface area contributed by atoms with Crippen LogP contribution in [0.5, 0.6) is 0 Å². The van der Waals surface area contributed by atoms with Crippen LogP contribution >= 0.6 is 0 Å². The fourth-order valence-electron chi connectivity index (χ4n) is 2.71. The molecule has 2 rings (SSSR count). The second kappa shape index (κ2) is 8.15. The van der Waals surface area contributed by atoms with E-state index < -0.39 is 0 Å².